The number of aliphatic hydroxyl groups excluding tert-OH is 1. The van der Waals surface area contributed by atoms with Gasteiger partial charge >= 0.3 is 0 Å². The van der Waals surface area contributed by atoms with E-state index in [1.165, 1.54) is 0 Å². The molecule has 3 nitrogen and oxygen atoms in total. The van der Waals surface area contributed by atoms with Crippen LogP contribution in [0.25, 0.3) is 0 Å². The monoisotopic (exact) mass is 230 g/mol. The molecule has 0 aliphatic carbocycles. The molecule has 0 aliphatic rings. The fraction of sp³-hybridized carbons (Fsp3) is 0.375. The maximum absolute atomic E-state index is 8.71. The maximum atomic E-state index is 8.71. The van der Waals surface area contributed by atoms with Crippen molar-refractivity contribution in [2.24, 2.45) is 5.73 Å². The van der Waals surface area contributed by atoms with Crippen LogP contribution in [0.4, 0.5) is 0 Å². The van der Waals surface area contributed by atoms with E-state index >= 15 is 0 Å². The van der Waals surface area contributed by atoms with Crippen molar-refractivity contribution in [3.05, 3.63) is 28.5 Å². The van der Waals surface area contributed by atoms with Gasteiger partial charge in [-0.05, 0) is 34.0 Å². The predicted octanol–water partition coefficient (Wildman–Crippen LogP) is 0.706. The molecule has 1 unspecified atom stereocenters. The summed E-state index contributed by atoms with van der Waals surface area (Å²) in [7, 11) is 0. The van der Waals surface area contributed by atoms with E-state index in [1.54, 1.807) is 12.4 Å². The van der Waals surface area contributed by atoms with Gasteiger partial charge in [-0.15, -0.1) is 0 Å². The molecule has 3 N–H and O–H groups in total. The third-order valence-corrected chi connectivity index (χ3v) is 1.93. The van der Waals surface area contributed by atoms with Crippen molar-refractivity contribution in [1.29, 1.82) is 0 Å². The van der Waals surface area contributed by atoms with Crippen molar-refractivity contribution in [3.8, 4) is 0 Å². The molecule has 1 heterocycles. The van der Waals surface area contributed by atoms with Gasteiger partial charge in [0.25, 0.3) is 0 Å². The van der Waals surface area contributed by atoms with Crippen LogP contribution in [0.1, 0.15) is 5.56 Å². The minimum Gasteiger partial charge on any atom is -0.395 e. The molecule has 0 saturated heterocycles. The highest BCUT2D eigenvalue weighted by atomic mass is 79.9. The van der Waals surface area contributed by atoms with E-state index in [-0.39, 0.29) is 12.6 Å². The van der Waals surface area contributed by atoms with Crippen LogP contribution in [0.15, 0.2) is 22.9 Å². The zero-order chi connectivity index (χ0) is 8.97. The van der Waals surface area contributed by atoms with Gasteiger partial charge in [0.05, 0.1) is 6.61 Å². The molecule has 0 fully saturated rings. The van der Waals surface area contributed by atoms with Crippen molar-refractivity contribution in [1.82, 2.24) is 4.98 Å². The smallest absolute Gasteiger partial charge is 0.0585 e. The quantitative estimate of drug-likeness (QED) is 0.805. The second-order valence-electron chi connectivity index (χ2n) is 2.66. The lowest BCUT2D eigenvalue weighted by Crippen LogP contribution is -2.26. The zero-order valence-corrected chi connectivity index (χ0v) is 8.16. The first-order chi connectivity index (χ1) is 5.72. The molecule has 1 rings (SSSR count). The number of nitrogens with two attached hydrogens (primary N) is 1. The lowest BCUT2D eigenvalue weighted by molar-refractivity contribution is 0.265. The Balaban J connectivity index is 2.63. The standard InChI is InChI=1S/C8H11BrN2O/c9-7-1-6(3-11-4-7)2-8(10)5-12/h1,3-4,8,12H,2,5,10H2. The molecule has 12 heavy (non-hydrogen) atoms. The first kappa shape index (κ1) is 9.64. The van der Waals surface area contributed by atoms with Crippen LogP contribution in [-0.2, 0) is 6.42 Å². The van der Waals surface area contributed by atoms with E-state index in [0.29, 0.717) is 6.42 Å². The summed E-state index contributed by atoms with van der Waals surface area (Å²) in [5, 5.41) is 8.71. The highest BCUT2D eigenvalue weighted by Crippen LogP contribution is 2.10. The number of halogens is 1. The van der Waals surface area contributed by atoms with Crippen LogP contribution >= 0.6 is 15.9 Å². The van der Waals surface area contributed by atoms with Crippen LogP contribution < -0.4 is 5.73 Å². The average Bonchev–Trinajstić information content (AvgIpc) is 2.04. The molecule has 0 aromatic carbocycles. The number of hydrogen-bond donors (Lipinski definition) is 2. The van der Waals surface area contributed by atoms with E-state index in [0.717, 1.165) is 10.0 Å². The highest BCUT2D eigenvalue weighted by molar-refractivity contribution is 9.10. The van der Waals surface area contributed by atoms with E-state index in [2.05, 4.69) is 20.9 Å². The normalized spacial score (nSPS) is 12.9. The molecular weight excluding hydrogens is 220 g/mol. The molecule has 1 atom stereocenters. The molecule has 1 aromatic heterocycles. The summed E-state index contributed by atoms with van der Waals surface area (Å²) in [5.41, 5.74) is 6.60. The second kappa shape index (κ2) is 4.54. The molecule has 66 valence electrons. The molecule has 0 amide bonds. The Morgan fingerprint density at radius 3 is 2.92 bits per heavy atom. The minimum atomic E-state index is -0.193. The van der Waals surface area contributed by atoms with Gasteiger partial charge in [0.1, 0.15) is 0 Å². The van der Waals surface area contributed by atoms with Crippen LogP contribution in [-0.4, -0.2) is 22.7 Å². The van der Waals surface area contributed by atoms with Gasteiger partial charge in [-0.25, -0.2) is 0 Å². The molecule has 4 heteroatoms. The summed E-state index contributed by atoms with van der Waals surface area (Å²) in [4.78, 5) is 3.99. The summed E-state index contributed by atoms with van der Waals surface area (Å²) in [6.45, 7) is 0.00646. The van der Waals surface area contributed by atoms with E-state index in [4.69, 9.17) is 10.8 Å². The SMILES string of the molecule is NC(CO)Cc1cncc(Br)c1. The summed E-state index contributed by atoms with van der Waals surface area (Å²) < 4.78 is 0.935. The Labute approximate surface area is 79.7 Å². The first-order valence-electron chi connectivity index (χ1n) is 3.68. The Bertz CT molecular complexity index is 255. The summed E-state index contributed by atoms with van der Waals surface area (Å²) in [6, 6.07) is 1.75. The van der Waals surface area contributed by atoms with Crippen molar-refractivity contribution < 1.29 is 5.11 Å². The van der Waals surface area contributed by atoms with Crippen molar-refractivity contribution in [3.63, 3.8) is 0 Å². The average molecular weight is 231 g/mol. The van der Waals surface area contributed by atoms with E-state index in [1.807, 2.05) is 6.07 Å². The maximum Gasteiger partial charge on any atom is 0.0585 e. The Morgan fingerprint density at radius 1 is 1.58 bits per heavy atom. The van der Waals surface area contributed by atoms with Crippen molar-refractivity contribution >= 4 is 15.9 Å². The summed E-state index contributed by atoms with van der Waals surface area (Å²) in [6.07, 6.45) is 4.12. The predicted molar refractivity (Wildman–Crippen MR) is 50.7 cm³/mol. The Morgan fingerprint density at radius 2 is 2.33 bits per heavy atom. The Hall–Kier alpha value is -0.450. The van der Waals surface area contributed by atoms with Gasteiger partial charge in [0.15, 0.2) is 0 Å². The first-order valence-corrected chi connectivity index (χ1v) is 4.47. The third kappa shape index (κ3) is 2.89. The zero-order valence-electron chi connectivity index (χ0n) is 6.57. The van der Waals surface area contributed by atoms with Crippen LogP contribution in [0.3, 0.4) is 0 Å². The number of pyridine rings is 1. The number of aromatic nitrogens is 1. The lowest BCUT2D eigenvalue weighted by Gasteiger charge is -2.06. The molecule has 0 aliphatic heterocycles. The fourth-order valence-corrected chi connectivity index (χ4v) is 1.35. The molecule has 1 aromatic rings. The molecule has 0 radical (unpaired) electrons. The van der Waals surface area contributed by atoms with Crippen molar-refractivity contribution in [2.75, 3.05) is 6.61 Å². The van der Waals surface area contributed by atoms with E-state index < -0.39 is 0 Å². The van der Waals surface area contributed by atoms with Crippen LogP contribution in [0.5, 0.6) is 0 Å². The number of rotatable bonds is 3. The second-order valence-corrected chi connectivity index (χ2v) is 3.57. The Kier molecular flexibility index (Phi) is 3.65. The highest BCUT2D eigenvalue weighted by Gasteiger charge is 2.02. The molecular formula is C8H11BrN2O. The topological polar surface area (TPSA) is 59.1 Å². The van der Waals surface area contributed by atoms with Gasteiger partial charge in [0, 0.05) is 22.9 Å². The van der Waals surface area contributed by atoms with Gasteiger partial charge in [-0.3, -0.25) is 4.98 Å². The van der Waals surface area contributed by atoms with Crippen LogP contribution in [0, 0.1) is 0 Å². The minimum absolute atomic E-state index is 0.00646. The van der Waals surface area contributed by atoms with Crippen LogP contribution in [0.2, 0.25) is 0 Å². The van der Waals surface area contributed by atoms with Gasteiger partial charge in [-0.1, -0.05) is 0 Å². The number of hydrogen-bond acceptors (Lipinski definition) is 3. The largest absolute Gasteiger partial charge is 0.395 e. The fourth-order valence-electron chi connectivity index (χ4n) is 0.935. The molecule has 0 saturated carbocycles. The van der Waals surface area contributed by atoms with Crippen molar-refractivity contribution in [2.45, 2.75) is 12.5 Å². The van der Waals surface area contributed by atoms with Gasteiger partial charge < -0.3 is 10.8 Å². The summed E-state index contributed by atoms with van der Waals surface area (Å²) in [5.74, 6) is 0. The number of aliphatic hydroxyl groups is 1. The van der Waals surface area contributed by atoms with Gasteiger partial charge in [0.2, 0.25) is 0 Å². The molecule has 0 spiro atoms. The third-order valence-electron chi connectivity index (χ3n) is 1.49. The van der Waals surface area contributed by atoms with E-state index in [9.17, 15) is 0 Å². The van der Waals surface area contributed by atoms with Gasteiger partial charge in [-0.2, -0.15) is 0 Å². The number of nitrogens with zero attached hydrogens (tertiary/aromatic N) is 1. The summed E-state index contributed by atoms with van der Waals surface area (Å²) >= 11 is 3.31. The lowest BCUT2D eigenvalue weighted by atomic mass is 10.1. The molecule has 0 bridgehead atoms.